The molecule has 2 heterocycles. The van der Waals surface area contributed by atoms with Crippen LogP contribution in [0, 0.1) is 0 Å². The monoisotopic (exact) mass is 366 g/mol. The van der Waals surface area contributed by atoms with Gasteiger partial charge in [-0.3, -0.25) is 4.99 Å². The molecule has 0 radical (unpaired) electrons. The van der Waals surface area contributed by atoms with Crippen molar-refractivity contribution in [2.75, 3.05) is 20.8 Å². The van der Waals surface area contributed by atoms with Gasteiger partial charge in [-0.05, 0) is 30.7 Å². The molecule has 2 aromatic rings. The van der Waals surface area contributed by atoms with E-state index >= 15 is 0 Å². The highest BCUT2D eigenvalue weighted by atomic mass is 35.5. The summed E-state index contributed by atoms with van der Waals surface area (Å²) in [6.07, 6.45) is 6.84. The first-order chi connectivity index (χ1) is 12.7. The number of hydrogen-bond donors (Lipinski definition) is 0. The first kappa shape index (κ1) is 16.7. The average Bonchev–Trinajstić information content (AvgIpc) is 2.90. The van der Waals surface area contributed by atoms with E-state index in [9.17, 15) is 0 Å². The summed E-state index contributed by atoms with van der Waals surface area (Å²) in [5, 5.41) is 0.645. The van der Waals surface area contributed by atoms with Gasteiger partial charge in [-0.1, -0.05) is 29.8 Å². The highest BCUT2D eigenvalue weighted by molar-refractivity contribution is 6.32. The summed E-state index contributed by atoms with van der Waals surface area (Å²) in [6.45, 7) is 0.854. The lowest BCUT2D eigenvalue weighted by molar-refractivity contribution is 0.403. The van der Waals surface area contributed by atoms with Gasteiger partial charge in [-0.25, -0.2) is 0 Å². The molecule has 0 bridgehead atoms. The minimum atomic E-state index is 0.645. The van der Waals surface area contributed by atoms with Crippen LogP contribution < -0.4 is 9.47 Å². The first-order valence-electron chi connectivity index (χ1n) is 8.44. The van der Waals surface area contributed by atoms with Crippen molar-refractivity contribution in [1.82, 2.24) is 4.90 Å². The second kappa shape index (κ2) is 6.89. The van der Waals surface area contributed by atoms with Crippen molar-refractivity contribution in [3.05, 3.63) is 76.6 Å². The minimum Gasteiger partial charge on any atom is -0.497 e. The Morgan fingerprint density at radius 3 is 2.81 bits per heavy atom. The Labute approximate surface area is 158 Å². The Bertz CT molecular complexity index is 947. The maximum atomic E-state index is 6.32. The van der Waals surface area contributed by atoms with Gasteiger partial charge in [0.05, 0.1) is 30.7 Å². The van der Waals surface area contributed by atoms with Crippen LogP contribution in [0.2, 0.25) is 5.02 Å². The lowest BCUT2D eigenvalue weighted by Gasteiger charge is -2.31. The van der Waals surface area contributed by atoms with Gasteiger partial charge in [-0.15, -0.1) is 0 Å². The quantitative estimate of drug-likeness (QED) is 0.800. The minimum absolute atomic E-state index is 0.645. The molecule has 0 aliphatic carbocycles. The van der Waals surface area contributed by atoms with Gasteiger partial charge in [-0.2, -0.15) is 0 Å². The number of nitrogens with zero attached hydrogens (tertiary/aromatic N) is 2. The maximum absolute atomic E-state index is 6.32. The molecule has 4 nitrogen and oxygen atoms in total. The van der Waals surface area contributed by atoms with E-state index in [1.807, 2.05) is 42.7 Å². The molecule has 2 aromatic carbocycles. The second-order valence-electron chi connectivity index (χ2n) is 6.12. The highest BCUT2D eigenvalue weighted by Gasteiger charge is 2.25. The fourth-order valence-corrected chi connectivity index (χ4v) is 3.69. The molecule has 2 aliphatic heterocycles. The Kier molecular flexibility index (Phi) is 4.43. The van der Waals surface area contributed by atoms with E-state index in [2.05, 4.69) is 22.0 Å². The fraction of sp³-hybridized carbons (Fsp3) is 0.190. The zero-order chi connectivity index (χ0) is 18.1. The zero-order valence-electron chi connectivity index (χ0n) is 14.7. The third-order valence-corrected chi connectivity index (χ3v) is 5.00. The number of ether oxygens (including phenoxy) is 2. The largest absolute Gasteiger partial charge is 0.497 e. The van der Waals surface area contributed by atoms with Gasteiger partial charge >= 0.3 is 0 Å². The summed E-state index contributed by atoms with van der Waals surface area (Å²) in [4.78, 5) is 6.85. The van der Waals surface area contributed by atoms with Crippen molar-refractivity contribution < 1.29 is 9.47 Å². The number of hydrogen-bond acceptors (Lipinski definition) is 4. The third kappa shape index (κ3) is 2.86. The summed E-state index contributed by atoms with van der Waals surface area (Å²) in [5.41, 5.74) is 5.26. The van der Waals surface area contributed by atoms with E-state index < -0.39 is 0 Å². The maximum Gasteiger partial charge on any atom is 0.141 e. The number of methoxy groups -OCH3 is 2. The average molecular weight is 367 g/mol. The van der Waals surface area contributed by atoms with Crippen LogP contribution in [0.3, 0.4) is 0 Å². The second-order valence-corrected chi connectivity index (χ2v) is 6.53. The Morgan fingerprint density at radius 1 is 1.12 bits per heavy atom. The van der Waals surface area contributed by atoms with Crippen molar-refractivity contribution in [1.29, 1.82) is 0 Å². The molecular formula is C21H19ClN2O2. The molecule has 4 rings (SSSR count). The van der Waals surface area contributed by atoms with Crippen LogP contribution >= 0.6 is 11.6 Å². The van der Waals surface area contributed by atoms with Gasteiger partial charge in [0, 0.05) is 35.6 Å². The van der Waals surface area contributed by atoms with Crippen molar-refractivity contribution in [3.63, 3.8) is 0 Å². The Hall–Kier alpha value is -2.72. The first-order valence-corrected chi connectivity index (χ1v) is 8.82. The van der Waals surface area contributed by atoms with Crippen LogP contribution in [0.25, 0.3) is 5.70 Å². The van der Waals surface area contributed by atoms with E-state index in [1.54, 1.807) is 14.2 Å². The molecule has 0 atom stereocenters. The van der Waals surface area contributed by atoms with Gasteiger partial charge in [0.2, 0.25) is 0 Å². The summed E-state index contributed by atoms with van der Waals surface area (Å²) in [5.74, 6) is 1.57. The summed E-state index contributed by atoms with van der Waals surface area (Å²) < 4.78 is 10.9. The van der Waals surface area contributed by atoms with E-state index in [0.717, 1.165) is 52.6 Å². The lowest BCUT2D eigenvalue weighted by atomic mass is 9.94. The molecule has 0 saturated carbocycles. The summed E-state index contributed by atoms with van der Waals surface area (Å²) in [7, 11) is 3.33. The summed E-state index contributed by atoms with van der Waals surface area (Å²) >= 11 is 6.32. The van der Waals surface area contributed by atoms with Crippen LogP contribution in [-0.2, 0) is 6.42 Å². The van der Waals surface area contributed by atoms with Crippen LogP contribution in [-0.4, -0.2) is 31.4 Å². The van der Waals surface area contributed by atoms with Crippen molar-refractivity contribution in [2.45, 2.75) is 6.42 Å². The molecule has 0 fully saturated rings. The molecule has 132 valence electrons. The number of allylic oxidation sites excluding steroid dienone is 1. The van der Waals surface area contributed by atoms with Crippen LogP contribution in [0.4, 0.5) is 0 Å². The number of fused-ring (bicyclic) bond motifs is 3. The van der Waals surface area contributed by atoms with Crippen LogP contribution in [0.1, 0.15) is 16.7 Å². The number of benzene rings is 2. The Balaban J connectivity index is 1.84. The van der Waals surface area contributed by atoms with Gasteiger partial charge in [0.15, 0.2) is 0 Å². The Morgan fingerprint density at radius 2 is 2.00 bits per heavy atom. The molecule has 0 unspecified atom stereocenters. The van der Waals surface area contributed by atoms with E-state index in [-0.39, 0.29) is 0 Å². The van der Waals surface area contributed by atoms with Crippen molar-refractivity contribution in [2.24, 2.45) is 4.99 Å². The molecular weight excluding hydrogens is 348 g/mol. The zero-order valence-corrected chi connectivity index (χ0v) is 15.5. The van der Waals surface area contributed by atoms with Gasteiger partial charge in [0.25, 0.3) is 0 Å². The normalized spacial score (nSPS) is 15.4. The molecule has 0 amide bonds. The molecule has 0 saturated heterocycles. The smallest absolute Gasteiger partial charge is 0.141 e. The third-order valence-electron chi connectivity index (χ3n) is 4.70. The van der Waals surface area contributed by atoms with E-state index in [4.69, 9.17) is 21.1 Å². The van der Waals surface area contributed by atoms with Gasteiger partial charge < -0.3 is 14.4 Å². The number of halogens is 1. The molecule has 5 heteroatoms. The predicted molar refractivity (Wildman–Crippen MR) is 105 cm³/mol. The SMILES string of the molecule is COc1cccc(C2=NC=CN3CCc4c(ccc(Cl)c4OC)C3=C2)c1. The lowest BCUT2D eigenvalue weighted by Crippen LogP contribution is -2.25. The molecule has 0 spiro atoms. The van der Waals surface area contributed by atoms with Crippen LogP contribution in [0.15, 0.2) is 59.9 Å². The number of rotatable bonds is 3. The number of aliphatic imine (C=N–C) groups is 1. The standard InChI is InChI=1S/C21H19ClN2O2/c1-25-15-5-3-4-14(12-15)19-13-20-16-6-7-18(22)21(26-2)17(16)8-10-24(20)11-9-23-19/h3-7,9,11-13H,8,10H2,1-2H3. The molecule has 2 aliphatic rings. The van der Waals surface area contributed by atoms with Gasteiger partial charge in [0.1, 0.15) is 11.5 Å². The van der Waals surface area contributed by atoms with Crippen molar-refractivity contribution >= 4 is 23.0 Å². The highest BCUT2D eigenvalue weighted by Crippen LogP contribution is 2.39. The molecule has 0 N–H and O–H groups in total. The van der Waals surface area contributed by atoms with E-state index in [0.29, 0.717) is 5.02 Å². The predicted octanol–water partition coefficient (Wildman–Crippen LogP) is 4.53. The van der Waals surface area contributed by atoms with E-state index in [1.165, 1.54) is 0 Å². The molecule has 0 aromatic heterocycles. The van der Waals surface area contributed by atoms with Crippen molar-refractivity contribution in [3.8, 4) is 11.5 Å². The molecule has 26 heavy (non-hydrogen) atoms. The summed E-state index contributed by atoms with van der Waals surface area (Å²) in [6, 6.07) is 11.9. The fourth-order valence-electron chi connectivity index (χ4n) is 3.43. The van der Waals surface area contributed by atoms with Crippen LogP contribution in [0.5, 0.6) is 11.5 Å². The topological polar surface area (TPSA) is 34.1 Å².